The first-order valence-electron chi connectivity index (χ1n) is 9.47. The van der Waals surface area contributed by atoms with E-state index in [4.69, 9.17) is 4.74 Å². The smallest absolute Gasteiger partial charge is 0.370 e. The topological polar surface area (TPSA) is 46.0 Å². The van der Waals surface area contributed by atoms with Crippen molar-refractivity contribution in [1.29, 1.82) is 0 Å². The molecular weight excluding hydrogens is 359 g/mol. The molecule has 2 atom stereocenters. The predicted octanol–water partition coefficient (Wildman–Crippen LogP) is 1.94. The molecule has 2 fully saturated rings. The molecule has 2 heterocycles. The van der Waals surface area contributed by atoms with Crippen LogP contribution >= 0.6 is 0 Å². The Morgan fingerprint density at radius 2 is 1.85 bits per heavy atom. The van der Waals surface area contributed by atoms with Crippen LogP contribution in [-0.4, -0.2) is 50.8 Å². The molecule has 27 heavy (non-hydrogen) atoms. The fraction of sp³-hybridized carbons (Fsp3) is 0.632. The van der Waals surface area contributed by atoms with Gasteiger partial charge in [-0.3, -0.25) is 4.79 Å². The molecule has 0 aliphatic carbocycles. The number of quaternary nitrogens is 1. The number of rotatable bonds is 4. The van der Waals surface area contributed by atoms with Crippen LogP contribution in [0, 0.1) is 0 Å². The van der Waals surface area contributed by atoms with Crippen LogP contribution in [0.2, 0.25) is 0 Å². The van der Waals surface area contributed by atoms with Crippen LogP contribution < -0.4 is 15.1 Å². The second-order valence-electron chi connectivity index (χ2n) is 7.56. The van der Waals surface area contributed by atoms with E-state index in [2.05, 4.69) is 5.32 Å². The third kappa shape index (κ3) is 5.13. The summed E-state index contributed by atoms with van der Waals surface area (Å²) in [7, 11) is 0. The fourth-order valence-corrected chi connectivity index (χ4v) is 4.00. The first-order valence-corrected chi connectivity index (χ1v) is 9.47. The molecule has 0 radical (unpaired) electrons. The van der Waals surface area contributed by atoms with Gasteiger partial charge in [-0.2, -0.15) is 13.2 Å². The van der Waals surface area contributed by atoms with Crippen LogP contribution in [-0.2, 0) is 15.7 Å². The van der Waals surface area contributed by atoms with Crippen LogP contribution in [0.15, 0.2) is 18.2 Å². The van der Waals surface area contributed by atoms with Crippen LogP contribution in [0.25, 0.3) is 0 Å². The molecule has 0 aromatic heterocycles. The van der Waals surface area contributed by atoms with Gasteiger partial charge in [0, 0.05) is 13.1 Å². The zero-order valence-electron chi connectivity index (χ0n) is 15.7. The Hall–Kier alpha value is -1.80. The SMILES string of the molecule is C[C@@H]1C[NH+](CC(=O)Nc2cc(C(F)(F)F)ccc2N2CCCC2)C[C@@H](C)O1. The first-order chi connectivity index (χ1) is 12.7. The van der Waals surface area contributed by atoms with Gasteiger partial charge >= 0.3 is 6.18 Å². The van der Waals surface area contributed by atoms with E-state index in [0.717, 1.165) is 43.0 Å². The molecule has 0 unspecified atom stereocenters. The lowest BCUT2D eigenvalue weighted by Gasteiger charge is -2.32. The molecule has 0 spiro atoms. The third-order valence-electron chi connectivity index (χ3n) is 5.07. The van der Waals surface area contributed by atoms with Gasteiger partial charge in [-0.15, -0.1) is 0 Å². The number of benzene rings is 1. The number of nitrogens with zero attached hydrogens (tertiary/aromatic N) is 1. The van der Waals surface area contributed by atoms with Crippen molar-refractivity contribution in [3.63, 3.8) is 0 Å². The fourth-order valence-electron chi connectivity index (χ4n) is 4.00. The Morgan fingerprint density at radius 1 is 1.22 bits per heavy atom. The van der Waals surface area contributed by atoms with E-state index in [-0.39, 0.29) is 30.3 Å². The lowest BCUT2D eigenvalue weighted by molar-refractivity contribution is -0.907. The Kier molecular flexibility index (Phi) is 5.95. The van der Waals surface area contributed by atoms with Gasteiger partial charge in [0.2, 0.25) is 0 Å². The minimum Gasteiger partial charge on any atom is -0.370 e. The number of amides is 1. The number of carbonyl (C=O) groups excluding carboxylic acids is 1. The molecule has 2 saturated heterocycles. The molecule has 2 aliphatic rings. The molecule has 1 amide bonds. The number of hydrogen-bond donors (Lipinski definition) is 2. The highest BCUT2D eigenvalue weighted by molar-refractivity contribution is 5.95. The van der Waals surface area contributed by atoms with Gasteiger partial charge < -0.3 is 19.9 Å². The normalized spacial score (nSPS) is 26.3. The summed E-state index contributed by atoms with van der Waals surface area (Å²) in [5.74, 6) is -0.272. The molecule has 2 aliphatic heterocycles. The lowest BCUT2D eigenvalue weighted by Crippen LogP contribution is -3.16. The van der Waals surface area contributed by atoms with Gasteiger partial charge in [-0.05, 0) is 44.9 Å². The lowest BCUT2D eigenvalue weighted by atomic mass is 10.1. The monoisotopic (exact) mass is 386 g/mol. The van der Waals surface area contributed by atoms with Crippen molar-refractivity contribution in [2.24, 2.45) is 0 Å². The van der Waals surface area contributed by atoms with Crippen molar-refractivity contribution < 1.29 is 27.6 Å². The first kappa shape index (κ1) is 19.9. The van der Waals surface area contributed by atoms with E-state index in [1.54, 1.807) is 0 Å². The standard InChI is InChI=1S/C19H26F3N3O2/c1-13-10-24(11-14(2)27-13)12-18(26)23-16-9-15(19(20,21)22)5-6-17(16)25-7-3-4-8-25/h5-6,9,13-14H,3-4,7-8,10-12H2,1-2H3,(H,23,26)/p+1/t13-,14-/m1/s1. The van der Waals surface area contributed by atoms with E-state index in [9.17, 15) is 18.0 Å². The summed E-state index contributed by atoms with van der Waals surface area (Å²) in [6.07, 6.45) is -2.32. The Bertz CT molecular complexity index is 665. The Balaban J connectivity index is 1.75. The van der Waals surface area contributed by atoms with Crippen molar-refractivity contribution in [2.75, 3.05) is 42.9 Å². The Morgan fingerprint density at radius 3 is 2.44 bits per heavy atom. The zero-order valence-corrected chi connectivity index (χ0v) is 15.7. The van der Waals surface area contributed by atoms with Gasteiger partial charge in [-0.1, -0.05) is 0 Å². The number of morpholine rings is 1. The third-order valence-corrected chi connectivity index (χ3v) is 5.07. The van der Waals surface area contributed by atoms with Crippen LogP contribution in [0.3, 0.4) is 0 Å². The molecule has 1 aromatic rings. The van der Waals surface area contributed by atoms with E-state index in [1.807, 2.05) is 18.7 Å². The average Bonchev–Trinajstić information content (AvgIpc) is 3.07. The molecule has 8 heteroatoms. The largest absolute Gasteiger partial charge is 0.416 e. The summed E-state index contributed by atoms with van der Waals surface area (Å²) in [6.45, 7) is 7.14. The van der Waals surface area contributed by atoms with Gasteiger partial charge in [0.25, 0.3) is 5.91 Å². The van der Waals surface area contributed by atoms with Gasteiger partial charge in [-0.25, -0.2) is 0 Å². The number of alkyl halides is 3. The van der Waals surface area contributed by atoms with E-state index >= 15 is 0 Å². The summed E-state index contributed by atoms with van der Waals surface area (Å²) in [5, 5.41) is 2.73. The maximum absolute atomic E-state index is 13.1. The van der Waals surface area contributed by atoms with Crippen molar-refractivity contribution in [2.45, 2.75) is 45.1 Å². The second-order valence-corrected chi connectivity index (χ2v) is 7.56. The molecule has 3 rings (SSSR count). The van der Waals surface area contributed by atoms with Crippen molar-refractivity contribution in [1.82, 2.24) is 0 Å². The number of carbonyl (C=O) groups is 1. The van der Waals surface area contributed by atoms with Gasteiger partial charge in [0.05, 0.1) is 16.9 Å². The number of anilines is 2. The summed E-state index contributed by atoms with van der Waals surface area (Å²) < 4.78 is 45.1. The molecule has 1 aromatic carbocycles. The molecule has 0 saturated carbocycles. The maximum Gasteiger partial charge on any atom is 0.416 e. The maximum atomic E-state index is 13.1. The Labute approximate surface area is 157 Å². The molecule has 5 nitrogen and oxygen atoms in total. The van der Waals surface area contributed by atoms with Gasteiger partial charge in [0.1, 0.15) is 25.3 Å². The molecule has 2 N–H and O–H groups in total. The van der Waals surface area contributed by atoms with E-state index in [0.29, 0.717) is 18.8 Å². The quantitative estimate of drug-likeness (QED) is 0.832. The van der Waals surface area contributed by atoms with E-state index in [1.165, 1.54) is 6.07 Å². The highest BCUT2D eigenvalue weighted by Crippen LogP contribution is 2.36. The second kappa shape index (κ2) is 8.06. The minimum absolute atomic E-state index is 0.0604. The van der Waals surface area contributed by atoms with Crippen LogP contribution in [0.4, 0.5) is 24.5 Å². The van der Waals surface area contributed by atoms with Crippen molar-refractivity contribution in [3.8, 4) is 0 Å². The van der Waals surface area contributed by atoms with Crippen molar-refractivity contribution >= 4 is 17.3 Å². The zero-order chi connectivity index (χ0) is 19.6. The van der Waals surface area contributed by atoms with E-state index < -0.39 is 11.7 Å². The molecule has 0 bridgehead atoms. The molecule has 150 valence electrons. The highest BCUT2D eigenvalue weighted by Gasteiger charge is 2.32. The summed E-state index contributed by atoms with van der Waals surface area (Å²) in [5.41, 5.74) is 0.153. The van der Waals surface area contributed by atoms with Crippen LogP contribution in [0.1, 0.15) is 32.3 Å². The average molecular weight is 386 g/mol. The number of halogens is 3. The summed E-state index contributed by atoms with van der Waals surface area (Å²) >= 11 is 0. The number of nitrogens with one attached hydrogen (secondary N) is 2. The summed E-state index contributed by atoms with van der Waals surface area (Å²) in [6, 6.07) is 3.60. The summed E-state index contributed by atoms with van der Waals surface area (Å²) in [4.78, 5) is 15.7. The van der Waals surface area contributed by atoms with Crippen LogP contribution in [0.5, 0.6) is 0 Å². The van der Waals surface area contributed by atoms with Crippen molar-refractivity contribution in [3.05, 3.63) is 23.8 Å². The highest BCUT2D eigenvalue weighted by atomic mass is 19.4. The molecular formula is C19H27F3N3O2+. The van der Waals surface area contributed by atoms with Gasteiger partial charge in [0.15, 0.2) is 6.54 Å². The predicted molar refractivity (Wildman–Crippen MR) is 97.1 cm³/mol. The number of ether oxygens (including phenoxy) is 1. The minimum atomic E-state index is -4.44. The number of hydrogen-bond acceptors (Lipinski definition) is 3.